The Morgan fingerprint density at radius 2 is 2.25 bits per heavy atom. The molecule has 2 fully saturated rings. The standard InChI is InChI=1S/C15H21BrFN3/c1-10-7-15(8-18,9-20(10)12-3-4-12)19-11-2-5-14(17)13(16)6-11/h2,5-6,10,12,19H,3-4,7-9,18H2,1H3. The average Bonchev–Trinajstić information content (AvgIpc) is 3.20. The zero-order valence-corrected chi connectivity index (χ0v) is 13.3. The van der Waals surface area contributed by atoms with Crippen molar-refractivity contribution in [1.29, 1.82) is 0 Å². The predicted octanol–water partition coefficient (Wildman–Crippen LogP) is 2.95. The van der Waals surface area contributed by atoms with Gasteiger partial charge >= 0.3 is 0 Å². The molecule has 1 aliphatic carbocycles. The zero-order valence-electron chi connectivity index (χ0n) is 11.7. The summed E-state index contributed by atoms with van der Waals surface area (Å²) in [5.41, 5.74) is 6.88. The summed E-state index contributed by atoms with van der Waals surface area (Å²) in [6.07, 6.45) is 3.66. The molecule has 1 saturated carbocycles. The summed E-state index contributed by atoms with van der Waals surface area (Å²) in [6, 6.07) is 6.36. The molecular formula is C15H21BrFN3. The van der Waals surface area contributed by atoms with Crippen LogP contribution in [0.3, 0.4) is 0 Å². The Balaban J connectivity index is 1.77. The molecule has 1 aliphatic heterocycles. The molecular weight excluding hydrogens is 321 g/mol. The molecule has 0 amide bonds. The summed E-state index contributed by atoms with van der Waals surface area (Å²) in [4.78, 5) is 2.57. The van der Waals surface area contributed by atoms with Crippen molar-refractivity contribution >= 4 is 21.6 Å². The molecule has 3 N–H and O–H groups in total. The molecule has 20 heavy (non-hydrogen) atoms. The summed E-state index contributed by atoms with van der Waals surface area (Å²) in [7, 11) is 0. The summed E-state index contributed by atoms with van der Waals surface area (Å²) >= 11 is 3.24. The second-order valence-corrected chi connectivity index (χ2v) is 7.05. The lowest BCUT2D eigenvalue weighted by molar-refractivity contribution is 0.252. The fourth-order valence-corrected chi connectivity index (χ4v) is 3.70. The van der Waals surface area contributed by atoms with Crippen LogP contribution in [0.5, 0.6) is 0 Å². The SMILES string of the molecule is CC1CC(CN)(Nc2ccc(F)c(Br)c2)CN1C1CC1. The smallest absolute Gasteiger partial charge is 0.137 e. The zero-order chi connectivity index (χ0) is 14.3. The third-order valence-corrected chi connectivity index (χ3v) is 5.08. The van der Waals surface area contributed by atoms with Crippen molar-refractivity contribution < 1.29 is 4.39 Å². The van der Waals surface area contributed by atoms with Crippen LogP contribution in [0.1, 0.15) is 26.2 Å². The summed E-state index contributed by atoms with van der Waals surface area (Å²) in [5.74, 6) is -0.239. The Kier molecular flexibility index (Phi) is 3.77. The van der Waals surface area contributed by atoms with Gasteiger partial charge in [0.2, 0.25) is 0 Å². The van der Waals surface area contributed by atoms with E-state index in [2.05, 4.69) is 33.1 Å². The van der Waals surface area contributed by atoms with Crippen molar-refractivity contribution in [2.45, 2.75) is 43.8 Å². The van der Waals surface area contributed by atoms with E-state index in [1.807, 2.05) is 0 Å². The number of hydrogen-bond donors (Lipinski definition) is 2. The van der Waals surface area contributed by atoms with E-state index in [1.54, 1.807) is 12.1 Å². The van der Waals surface area contributed by atoms with Gasteiger partial charge in [-0.25, -0.2) is 4.39 Å². The van der Waals surface area contributed by atoms with E-state index in [0.717, 1.165) is 24.7 Å². The van der Waals surface area contributed by atoms with Crippen LogP contribution in [0.15, 0.2) is 22.7 Å². The molecule has 0 spiro atoms. The number of likely N-dealkylation sites (tertiary alicyclic amines) is 1. The maximum Gasteiger partial charge on any atom is 0.137 e. The molecule has 1 aromatic rings. The molecule has 1 aromatic carbocycles. The van der Waals surface area contributed by atoms with Crippen molar-refractivity contribution in [3.8, 4) is 0 Å². The molecule has 1 saturated heterocycles. The van der Waals surface area contributed by atoms with Gasteiger partial charge in [-0.1, -0.05) is 0 Å². The highest BCUT2D eigenvalue weighted by molar-refractivity contribution is 9.10. The van der Waals surface area contributed by atoms with E-state index in [4.69, 9.17) is 5.73 Å². The fraction of sp³-hybridized carbons (Fsp3) is 0.600. The first-order valence-corrected chi connectivity index (χ1v) is 8.01. The number of anilines is 1. The molecule has 3 nitrogen and oxygen atoms in total. The van der Waals surface area contributed by atoms with Gasteiger partial charge in [-0.3, -0.25) is 4.90 Å². The minimum Gasteiger partial charge on any atom is -0.377 e. The van der Waals surface area contributed by atoms with Crippen molar-refractivity contribution in [1.82, 2.24) is 4.90 Å². The number of nitrogens with one attached hydrogen (secondary N) is 1. The van der Waals surface area contributed by atoms with Gasteiger partial charge in [0, 0.05) is 30.9 Å². The van der Waals surface area contributed by atoms with Crippen molar-refractivity contribution in [3.63, 3.8) is 0 Å². The summed E-state index contributed by atoms with van der Waals surface area (Å²) < 4.78 is 13.8. The van der Waals surface area contributed by atoms with Crippen LogP contribution in [0, 0.1) is 5.82 Å². The molecule has 110 valence electrons. The van der Waals surface area contributed by atoms with Gasteiger partial charge in [0.05, 0.1) is 10.0 Å². The molecule has 0 bridgehead atoms. The lowest BCUT2D eigenvalue weighted by atomic mass is 9.96. The van der Waals surface area contributed by atoms with Crippen LogP contribution < -0.4 is 11.1 Å². The number of benzene rings is 1. The first-order valence-electron chi connectivity index (χ1n) is 7.22. The van der Waals surface area contributed by atoms with E-state index < -0.39 is 0 Å². The van der Waals surface area contributed by atoms with E-state index in [9.17, 15) is 4.39 Å². The first-order chi connectivity index (χ1) is 9.53. The Bertz CT molecular complexity index is 506. The van der Waals surface area contributed by atoms with Gasteiger partial charge < -0.3 is 11.1 Å². The van der Waals surface area contributed by atoms with Gasteiger partial charge in [-0.05, 0) is 60.3 Å². The second-order valence-electron chi connectivity index (χ2n) is 6.19. The lowest BCUT2D eigenvalue weighted by Gasteiger charge is -2.30. The van der Waals surface area contributed by atoms with Crippen LogP contribution in [0.25, 0.3) is 0 Å². The largest absolute Gasteiger partial charge is 0.377 e. The van der Waals surface area contributed by atoms with Crippen molar-refractivity contribution in [3.05, 3.63) is 28.5 Å². The van der Waals surface area contributed by atoms with E-state index in [0.29, 0.717) is 17.1 Å². The third kappa shape index (κ3) is 2.71. The second kappa shape index (κ2) is 5.28. The third-order valence-electron chi connectivity index (χ3n) is 4.47. The van der Waals surface area contributed by atoms with Crippen LogP contribution in [0.2, 0.25) is 0 Å². The van der Waals surface area contributed by atoms with Crippen molar-refractivity contribution in [2.24, 2.45) is 5.73 Å². The molecule has 2 atom stereocenters. The Labute approximate surface area is 127 Å². The van der Waals surface area contributed by atoms with Gasteiger partial charge in [-0.15, -0.1) is 0 Å². The number of halogens is 2. The molecule has 5 heteroatoms. The van der Waals surface area contributed by atoms with E-state index in [1.165, 1.54) is 18.9 Å². The van der Waals surface area contributed by atoms with Crippen LogP contribution in [-0.4, -0.2) is 35.6 Å². The highest BCUT2D eigenvalue weighted by Gasteiger charge is 2.46. The average molecular weight is 342 g/mol. The number of nitrogens with two attached hydrogens (primary N) is 1. The molecule has 3 rings (SSSR count). The molecule has 0 radical (unpaired) electrons. The van der Waals surface area contributed by atoms with Gasteiger partial charge in [0.25, 0.3) is 0 Å². The predicted molar refractivity (Wildman–Crippen MR) is 83.3 cm³/mol. The fourth-order valence-electron chi connectivity index (χ4n) is 3.32. The van der Waals surface area contributed by atoms with E-state index >= 15 is 0 Å². The Hall–Kier alpha value is -0.650. The number of rotatable bonds is 4. The highest BCUT2D eigenvalue weighted by atomic mass is 79.9. The van der Waals surface area contributed by atoms with Crippen LogP contribution >= 0.6 is 15.9 Å². The first kappa shape index (κ1) is 14.3. The Morgan fingerprint density at radius 3 is 2.85 bits per heavy atom. The topological polar surface area (TPSA) is 41.3 Å². The molecule has 2 aliphatic rings. The minimum absolute atomic E-state index is 0.0979. The molecule has 2 unspecified atom stereocenters. The minimum atomic E-state index is -0.239. The van der Waals surface area contributed by atoms with Gasteiger partial charge in [0.1, 0.15) is 5.82 Å². The lowest BCUT2D eigenvalue weighted by Crippen LogP contribution is -2.48. The maximum absolute atomic E-state index is 13.3. The number of nitrogens with zero attached hydrogens (tertiary/aromatic N) is 1. The van der Waals surface area contributed by atoms with E-state index in [-0.39, 0.29) is 11.4 Å². The van der Waals surface area contributed by atoms with Crippen LogP contribution in [-0.2, 0) is 0 Å². The normalized spacial score (nSPS) is 30.7. The number of hydrogen-bond acceptors (Lipinski definition) is 3. The van der Waals surface area contributed by atoms with Crippen LogP contribution in [0.4, 0.5) is 10.1 Å². The summed E-state index contributed by atoms with van der Waals surface area (Å²) in [6.45, 7) is 3.85. The Morgan fingerprint density at radius 1 is 1.50 bits per heavy atom. The highest BCUT2D eigenvalue weighted by Crippen LogP contribution is 2.38. The van der Waals surface area contributed by atoms with Gasteiger partial charge in [-0.2, -0.15) is 0 Å². The summed E-state index contributed by atoms with van der Waals surface area (Å²) in [5, 5.41) is 3.55. The monoisotopic (exact) mass is 341 g/mol. The quantitative estimate of drug-likeness (QED) is 0.884. The molecule has 1 heterocycles. The van der Waals surface area contributed by atoms with Crippen molar-refractivity contribution in [2.75, 3.05) is 18.4 Å². The van der Waals surface area contributed by atoms with Gasteiger partial charge in [0.15, 0.2) is 0 Å². The molecule has 0 aromatic heterocycles. The maximum atomic E-state index is 13.3.